The van der Waals surface area contributed by atoms with Gasteiger partial charge in [-0.05, 0) is 43.2 Å². The summed E-state index contributed by atoms with van der Waals surface area (Å²) in [6.07, 6.45) is 5.89. The highest BCUT2D eigenvalue weighted by Crippen LogP contribution is 2.29. The number of hydrogen-bond acceptors (Lipinski definition) is 4. The van der Waals surface area contributed by atoms with E-state index in [4.69, 9.17) is 10.5 Å². The van der Waals surface area contributed by atoms with Crippen molar-refractivity contribution in [2.45, 2.75) is 39.0 Å². The van der Waals surface area contributed by atoms with Gasteiger partial charge in [0.25, 0.3) is 0 Å². The van der Waals surface area contributed by atoms with Gasteiger partial charge in [-0.2, -0.15) is 0 Å². The van der Waals surface area contributed by atoms with Crippen molar-refractivity contribution >= 4 is 22.1 Å². The van der Waals surface area contributed by atoms with Crippen molar-refractivity contribution in [3.8, 4) is 5.75 Å². The molecule has 1 heterocycles. The van der Waals surface area contributed by atoms with E-state index in [2.05, 4.69) is 6.92 Å². The summed E-state index contributed by atoms with van der Waals surface area (Å²) in [7, 11) is 1.61. The van der Waals surface area contributed by atoms with E-state index in [0.717, 1.165) is 18.6 Å². The number of ether oxygens (including phenoxy) is 1. The monoisotopic (exact) mass is 317 g/mol. The Kier molecular flexibility index (Phi) is 6.01. The Balaban J connectivity index is 2.07. The smallest absolute Gasteiger partial charge is 0.195 e. The highest BCUT2D eigenvalue weighted by molar-refractivity contribution is 7.16. The Morgan fingerprint density at radius 2 is 1.91 bits per heavy atom. The number of carbonyl (C=O) groups is 1. The van der Waals surface area contributed by atoms with Gasteiger partial charge >= 0.3 is 0 Å². The molecule has 4 heteroatoms. The van der Waals surface area contributed by atoms with Gasteiger partial charge in [0.15, 0.2) is 5.78 Å². The first-order valence-electron chi connectivity index (χ1n) is 7.72. The van der Waals surface area contributed by atoms with Crippen LogP contribution in [-0.4, -0.2) is 12.9 Å². The Morgan fingerprint density at radius 3 is 2.55 bits per heavy atom. The Bertz CT molecular complexity index is 617. The predicted molar refractivity (Wildman–Crippen MR) is 93.0 cm³/mol. The number of ketones is 1. The average molecular weight is 317 g/mol. The summed E-state index contributed by atoms with van der Waals surface area (Å²) in [6, 6.07) is 9.10. The fourth-order valence-electron chi connectivity index (χ4n) is 2.38. The number of unbranched alkanes of at least 4 members (excludes halogenated alkanes) is 3. The van der Waals surface area contributed by atoms with E-state index in [1.807, 2.05) is 6.07 Å². The summed E-state index contributed by atoms with van der Waals surface area (Å²) >= 11 is 1.54. The van der Waals surface area contributed by atoms with Gasteiger partial charge in [-0.25, -0.2) is 0 Å². The maximum absolute atomic E-state index is 12.5. The Labute approximate surface area is 136 Å². The SMILES string of the molecule is CCCCCCc1cc(C(=O)c2ccc(OC)cc2)c(N)s1. The Morgan fingerprint density at radius 1 is 1.18 bits per heavy atom. The van der Waals surface area contributed by atoms with Crippen LogP contribution in [0.1, 0.15) is 53.4 Å². The molecule has 1 aromatic carbocycles. The van der Waals surface area contributed by atoms with Gasteiger partial charge in [0, 0.05) is 10.4 Å². The van der Waals surface area contributed by atoms with Crippen LogP contribution in [0.25, 0.3) is 0 Å². The number of nitrogens with two attached hydrogens (primary N) is 1. The third kappa shape index (κ3) is 4.10. The molecule has 0 unspecified atom stereocenters. The number of rotatable bonds is 8. The number of benzene rings is 1. The van der Waals surface area contributed by atoms with E-state index in [0.29, 0.717) is 16.1 Å². The van der Waals surface area contributed by atoms with Crippen LogP contribution in [0, 0.1) is 0 Å². The minimum atomic E-state index is -0.0174. The lowest BCUT2D eigenvalue weighted by atomic mass is 10.0. The molecule has 1 aromatic heterocycles. The van der Waals surface area contributed by atoms with E-state index in [9.17, 15) is 4.79 Å². The molecule has 0 saturated heterocycles. The number of anilines is 1. The van der Waals surface area contributed by atoms with Gasteiger partial charge in [-0.15, -0.1) is 11.3 Å². The van der Waals surface area contributed by atoms with Gasteiger partial charge in [0.2, 0.25) is 0 Å². The van der Waals surface area contributed by atoms with E-state index in [-0.39, 0.29) is 5.78 Å². The van der Waals surface area contributed by atoms with E-state index in [1.165, 1.54) is 35.5 Å². The molecule has 0 aliphatic heterocycles. The zero-order chi connectivity index (χ0) is 15.9. The molecule has 0 amide bonds. The van der Waals surface area contributed by atoms with E-state index >= 15 is 0 Å². The van der Waals surface area contributed by atoms with Crippen LogP contribution < -0.4 is 10.5 Å². The van der Waals surface area contributed by atoms with E-state index in [1.54, 1.807) is 31.4 Å². The second-order valence-electron chi connectivity index (χ2n) is 5.36. The second-order valence-corrected chi connectivity index (χ2v) is 6.53. The maximum Gasteiger partial charge on any atom is 0.195 e. The topological polar surface area (TPSA) is 52.3 Å². The van der Waals surface area contributed by atoms with Gasteiger partial charge < -0.3 is 10.5 Å². The highest BCUT2D eigenvalue weighted by atomic mass is 32.1. The summed E-state index contributed by atoms with van der Waals surface area (Å²) in [4.78, 5) is 13.7. The van der Waals surface area contributed by atoms with Crippen molar-refractivity contribution in [1.82, 2.24) is 0 Å². The van der Waals surface area contributed by atoms with Gasteiger partial charge in [0.05, 0.1) is 17.7 Å². The first-order valence-corrected chi connectivity index (χ1v) is 8.54. The Hall–Kier alpha value is -1.81. The molecule has 0 saturated carbocycles. The lowest BCUT2D eigenvalue weighted by molar-refractivity contribution is 0.104. The lowest BCUT2D eigenvalue weighted by Crippen LogP contribution is -2.02. The molecule has 0 aliphatic rings. The van der Waals surface area contributed by atoms with Crippen LogP contribution in [0.5, 0.6) is 5.75 Å². The molecular formula is C18H23NO2S. The van der Waals surface area contributed by atoms with Crippen LogP contribution >= 0.6 is 11.3 Å². The number of carbonyl (C=O) groups excluding carboxylic acids is 1. The first-order chi connectivity index (χ1) is 10.7. The number of thiophene rings is 1. The molecule has 2 rings (SSSR count). The van der Waals surface area contributed by atoms with Crippen molar-refractivity contribution in [3.63, 3.8) is 0 Å². The van der Waals surface area contributed by atoms with Crippen LogP contribution in [-0.2, 0) is 6.42 Å². The number of nitrogen functional groups attached to an aromatic ring is 1. The molecule has 2 N–H and O–H groups in total. The minimum Gasteiger partial charge on any atom is -0.497 e. The predicted octanol–water partition coefficient (Wildman–Crippen LogP) is 4.69. The highest BCUT2D eigenvalue weighted by Gasteiger charge is 2.16. The van der Waals surface area contributed by atoms with Gasteiger partial charge in [0.1, 0.15) is 5.75 Å². The zero-order valence-corrected chi connectivity index (χ0v) is 14.0. The van der Waals surface area contributed by atoms with Crippen molar-refractivity contribution in [2.24, 2.45) is 0 Å². The molecule has 0 bridgehead atoms. The molecule has 22 heavy (non-hydrogen) atoms. The normalized spacial score (nSPS) is 10.6. The summed E-state index contributed by atoms with van der Waals surface area (Å²) in [5.74, 6) is 0.725. The molecule has 2 aromatic rings. The van der Waals surface area contributed by atoms with Crippen molar-refractivity contribution in [1.29, 1.82) is 0 Å². The second kappa shape index (κ2) is 7.99. The fraction of sp³-hybridized carbons (Fsp3) is 0.389. The minimum absolute atomic E-state index is 0.0174. The molecule has 0 aliphatic carbocycles. The van der Waals surface area contributed by atoms with Crippen LogP contribution in [0.15, 0.2) is 30.3 Å². The maximum atomic E-state index is 12.5. The van der Waals surface area contributed by atoms with Crippen LogP contribution in [0.3, 0.4) is 0 Å². The number of aryl methyl sites for hydroxylation is 1. The van der Waals surface area contributed by atoms with Crippen LogP contribution in [0.4, 0.5) is 5.00 Å². The fourth-order valence-corrected chi connectivity index (χ4v) is 3.35. The van der Waals surface area contributed by atoms with Crippen molar-refractivity contribution in [2.75, 3.05) is 12.8 Å². The van der Waals surface area contributed by atoms with Crippen molar-refractivity contribution < 1.29 is 9.53 Å². The van der Waals surface area contributed by atoms with Crippen molar-refractivity contribution in [3.05, 3.63) is 46.3 Å². The van der Waals surface area contributed by atoms with E-state index < -0.39 is 0 Å². The molecular weight excluding hydrogens is 294 g/mol. The summed E-state index contributed by atoms with van der Waals surface area (Å²) in [5, 5.41) is 0.617. The van der Waals surface area contributed by atoms with Gasteiger partial charge in [-0.3, -0.25) is 4.79 Å². The standard InChI is InChI=1S/C18H23NO2S/c1-3-4-5-6-7-15-12-16(18(19)22-15)17(20)13-8-10-14(21-2)11-9-13/h8-12H,3-7,19H2,1-2H3. The molecule has 0 atom stereocenters. The average Bonchev–Trinajstić information content (AvgIpc) is 2.92. The number of methoxy groups -OCH3 is 1. The molecule has 0 fully saturated rings. The van der Waals surface area contributed by atoms with Crippen LogP contribution in [0.2, 0.25) is 0 Å². The summed E-state index contributed by atoms with van der Waals surface area (Å²) in [5.41, 5.74) is 7.31. The molecule has 3 nitrogen and oxygen atoms in total. The first kappa shape index (κ1) is 16.6. The summed E-state index contributed by atoms with van der Waals surface area (Å²) < 4.78 is 5.11. The molecule has 0 radical (unpaired) electrons. The quantitative estimate of drug-likeness (QED) is 0.567. The van der Waals surface area contributed by atoms with Gasteiger partial charge in [-0.1, -0.05) is 26.2 Å². The molecule has 118 valence electrons. The zero-order valence-electron chi connectivity index (χ0n) is 13.2. The third-order valence-electron chi connectivity index (χ3n) is 3.69. The largest absolute Gasteiger partial charge is 0.497 e. The summed E-state index contributed by atoms with van der Waals surface area (Å²) in [6.45, 7) is 2.20. The third-order valence-corrected chi connectivity index (χ3v) is 4.71. The number of hydrogen-bond donors (Lipinski definition) is 1. The molecule has 0 spiro atoms. The lowest BCUT2D eigenvalue weighted by Gasteiger charge is -2.02.